The average Bonchev–Trinajstić information content (AvgIpc) is 3.60. The average molecular weight is 605 g/mol. The van der Waals surface area contributed by atoms with Crippen molar-refractivity contribution in [3.63, 3.8) is 0 Å². The molecule has 0 N–H and O–H groups in total. The molecule has 2 heterocycles. The highest BCUT2D eigenvalue weighted by atomic mass is 32.2. The summed E-state index contributed by atoms with van der Waals surface area (Å²) in [6.45, 7) is 9.31. The molecule has 6 rings (SSSR count). The van der Waals surface area contributed by atoms with Crippen LogP contribution in [-0.2, 0) is 9.84 Å². The Morgan fingerprint density at radius 3 is 2.37 bits per heavy atom. The van der Waals surface area contributed by atoms with E-state index in [2.05, 4.69) is 14.6 Å². The maximum absolute atomic E-state index is 12.7. The van der Waals surface area contributed by atoms with Crippen LogP contribution in [0.2, 0.25) is 0 Å². The fourth-order valence-electron chi connectivity index (χ4n) is 4.86. The number of halogens is 3. The Balaban J connectivity index is 1.53. The Kier molecular flexibility index (Phi) is 6.85. The summed E-state index contributed by atoms with van der Waals surface area (Å²) in [5, 5.41) is 4.74. The van der Waals surface area contributed by atoms with E-state index in [0.29, 0.717) is 51.0 Å². The zero-order valence-electron chi connectivity index (χ0n) is 22.9. The number of hydrogen-bond donors (Lipinski definition) is 0. The molecule has 5 aromatic rings. The van der Waals surface area contributed by atoms with Crippen LogP contribution in [0, 0.1) is 13.5 Å². The van der Waals surface area contributed by atoms with Crippen molar-refractivity contribution in [3.8, 4) is 45.1 Å². The van der Waals surface area contributed by atoms with Crippen molar-refractivity contribution in [1.82, 2.24) is 14.8 Å². The highest BCUT2D eigenvalue weighted by Crippen LogP contribution is 2.45. The first-order valence-corrected chi connectivity index (χ1v) is 15.0. The maximum atomic E-state index is 12.7. The lowest BCUT2D eigenvalue weighted by atomic mass is 9.98. The molecule has 0 unspecified atom stereocenters. The molecule has 1 fully saturated rings. The van der Waals surface area contributed by atoms with Crippen LogP contribution < -0.4 is 4.74 Å². The van der Waals surface area contributed by atoms with Gasteiger partial charge in [-0.05, 0) is 78.4 Å². The quantitative estimate of drug-likeness (QED) is 0.175. The summed E-state index contributed by atoms with van der Waals surface area (Å²) in [6.07, 6.45) is -0.105. The van der Waals surface area contributed by atoms with Gasteiger partial charge in [0.1, 0.15) is 11.4 Å². The van der Waals surface area contributed by atoms with Gasteiger partial charge in [-0.15, -0.1) is 13.2 Å². The molecule has 0 amide bonds. The van der Waals surface area contributed by atoms with Crippen LogP contribution in [0.4, 0.5) is 18.9 Å². The summed E-state index contributed by atoms with van der Waals surface area (Å²) in [4.78, 5) is 8.36. The Bertz CT molecular complexity index is 2000. The van der Waals surface area contributed by atoms with Gasteiger partial charge in [0.2, 0.25) is 5.69 Å². The third-order valence-electron chi connectivity index (χ3n) is 6.99. The highest BCUT2D eigenvalue weighted by Gasteiger charge is 2.32. The maximum Gasteiger partial charge on any atom is 0.573 e. The van der Waals surface area contributed by atoms with Crippen LogP contribution in [0.5, 0.6) is 5.75 Å². The van der Waals surface area contributed by atoms with E-state index in [1.165, 1.54) is 30.3 Å². The fraction of sp³-hybridized carbons (Fsp3) is 0.194. The third kappa shape index (κ3) is 5.89. The zero-order valence-corrected chi connectivity index (χ0v) is 23.7. The first kappa shape index (κ1) is 28.2. The molecule has 0 saturated heterocycles. The van der Waals surface area contributed by atoms with Crippen LogP contribution in [0.3, 0.4) is 0 Å². The van der Waals surface area contributed by atoms with Crippen LogP contribution in [-0.4, -0.2) is 35.8 Å². The van der Waals surface area contributed by atoms with Gasteiger partial charge in [0.25, 0.3) is 0 Å². The standard InChI is InChI=1S/C31H23F3N4O4S/c1-18-36-29(20-9-12-23(13-10-20)42-31(32,33)34)30(41-18)25-16-22(21-5-4-6-24(15-21)43(3,39)40)11-14-27(25)38-17-26(35-2)28(37-38)19-7-8-19/h4-6,9-17,19H,7-8H2,1,3H3. The number of hydrogen-bond acceptors (Lipinski definition) is 6. The van der Waals surface area contributed by atoms with Crippen molar-refractivity contribution in [3.05, 3.63) is 95.9 Å². The SMILES string of the molecule is [C-]#[N+]c1cn(-c2ccc(-c3cccc(S(C)(=O)=O)c3)cc2-c2oc(C)nc2-c2ccc(OC(F)(F)F)cc2)nc1C1CC1. The summed E-state index contributed by atoms with van der Waals surface area (Å²) in [5.41, 5.74) is 4.47. The van der Waals surface area contributed by atoms with Crippen molar-refractivity contribution in [2.24, 2.45) is 0 Å². The predicted molar refractivity (Wildman–Crippen MR) is 153 cm³/mol. The molecule has 0 spiro atoms. The van der Waals surface area contributed by atoms with Gasteiger partial charge in [0.15, 0.2) is 21.5 Å². The summed E-state index contributed by atoms with van der Waals surface area (Å²) >= 11 is 0. The highest BCUT2D eigenvalue weighted by molar-refractivity contribution is 7.90. The minimum atomic E-state index is -4.83. The number of alkyl halides is 3. The monoisotopic (exact) mass is 604 g/mol. The Labute approximate surface area is 245 Å². The molecule has 3 aromatic carbocycles. The lowest BCUT2D eigenvalue weighted by Crippen LogP contribution is -2.16. The molecule has 8 nitrogen and oxygen atoms in total. The molecule has 12 heteroatoms. The Hall–Kier alpha value is -4.89. The van der Waals surface area contributed by atoms with Crippen LogP contribution in [0.25, 0.3) is 44.2 Å². The van der Waals surface area contributed by atoms with Crippen molar-refractivity contribution < 1.29 is 30.7 Å². The van der Waals surface area contributed by atoms with Gasteiger partial charge in [0.05, 0.1) is 22.8 Å². The molecule has 0 bridgehead atoms. The number of rotatable bonds is 7. The summed E-state index contributed by atoms with van der Waals surface area (Å²) in [6, 6.07) is 17.3. The van der Waals surface area contributed by atoms with Gasteiger partial charge in [-0.2, -0.15) is 5.10 Å². The minimum absolute atomic E-state index is 0.163. The van der Waals surface area contributed by atoms with Gasteiger partial charge in [-0.25, -0.2) is 18.2 Å². The van der Waals surface area contributed by atoms with Gasteiger partial charge in [-0.3, -0.25) is 4.68 Å². The topological polar surface area (TPSA) is 91.6 Å². The van der Waals surface area contributed by atoms with Gasteiger partial charge in [0, 0.05) is 30.5 Å². The summed E-state index contributed by atoms with van der Waals surface area (Å²) in [5.74, 6) is 0.498. The van der Waals surface area contributed by atoms with Crippen molar-refractivity contribution in [1.29, 1.82) is 0 Å². The van der Waals surface area contributed by atoms with Crippen LogP contribution in [0.15, 0.2) is 82.2 Å². The molecular weight excluding hydrogens is 581 g/mol. The second-order valence-electron chi connectivity index (χ2n) is 10.2. The molecule has 0 atom stereocenters. The third-order valence-corrected chi connectivity index (χ3v) is 8.10. The molecule has 43 heavy (non-hydrogen) atoms. The number of aryl methyl sites for hydroxylation is 1. The first-order valence-electron chi connectivity index (χ1n) is 13.2. The van der Waals surface area contributed by atoms with Crippen molar-refractivity contribution in [2.45, 2.75) is 36.9 Å². The van der Waals surface area contributed by atoms with Gasteiger partial charge < -0.3 is 9.15 Å². The molecule has 218 valence electrons. The second-order valence-corrected chi connectivity index (χ2v) is 12.3. The Morgan fingerprint density at radius 1 is 1.02 bits per heavy atom. The van der Waals surface area contributed by atoms with E-state index in [1.807, 2.05) is 12.1 Å². The van der Waals surface area contributed by atoms with Crippen molar-refractivity contribution >= 4 is 15.5 Å². The number of aromatic nitrogens is 3. The molecular formula is C31H23F3N4O4S. The molecule has 2 aromatic heterocycles. The molecule has 0 aliphatic heterocycles. The lowest BCUT2D eigenvalue weighted by molar-refractivity contribution is -0.274. The van der Waals surface area contributed by atoms with Gasteiger partial charge >= 0.3 is 6.36 Å². The number of oxazole rings is 1. The summed E-state index contributed by atoms with van der Waals surface area (Å²) < 4.78 is 74.4. The summed E-state index contributed by atoms with van der Waals surface area (Å²) in [7, 11) is -3.46. The fourth-order valence-corrected chi connectivity index (χ4v) is 5.53. The largest absolute Gasteiger partial charge is 0.573 e. The van der Waals surface area contributed by atoms with Gasteiger partial charge in [-0.1, -0.05) is 18.2 Å². The van der Waals surface area contributed by atoms with E-state index < -0.39 is 16.2 Å². The van der Waals surface area contributed by atoms with Crippen molar-refractivity contribution in [2.75, 3.05) is 6.26 Å². The number of sulfone groups is 1. The number of benzene rings is 3. The molecule has 1 aliphatic rings. The first-order chi connectivity index (χ1) is 20.4. The molecule has 0 radical (unpaired) electrons. The smallest absolute Gasteiger partial charge is 0.440 e. The normalized spacial score (nSPS) is 13.6. The second kappa shape index (κ2) is 10.4. The predicted octanol–water partition coefficient (Wildman–Crippen LogP) is 7.90. The van der Waals surface area contributed by atoms with Crippen LogP contribution in [0.1, 0.15) is 30.3 Å². The van der Waals surface area contributed by atoms with E-state index in [1.54, 1.807) is 42.1 Å². The van der Waals surface area contributed by atoms with Crippen LogP contribution >= 0.6 is 0 Å². The zero-order chi connectivity index (χ0) is 30.5. The number of ether oxygens (including phenoxy) is 1. The van der Waals surface area contributed by atoms with E-state index in [9.17, 15) is 21.6 Å². The lowest BCUT2D eigenvalue weighted by Gasteiger charge is -2.13. The minimum Gasteiger partial charge on any atom is -0.440 e. The van der Waals surface area contributed by atoms with E-state index >= 15 is 0 Å². The number of nitrogens with zero attached hydrogens (tertiary/aromatic N) is 4. The van der Waals surface area contributed by atoms with E-state index in [4.69, 9.17) is 16.1 Å². The van der Waals surface area contributed by atoms with E-state index in [-0.39, 0.29) is 16.6 Å². The molecule has 1 aliphatic carbocycles. The molecule has 1 saturated carbocycles. The van der Waals surface area contributed by atoms with E-state index in [0.717, 1.165) is 24.8 Å². The Morgan fingerprint density at radius 2 is 1.72 bits per heavy atom.